The normalized spacial score (nSPS) is 12.5. The van der Waals surface area contributed by atoms with Crippen LogP contribution in [0.15, 0.2) is 158 Å². The van der Waals surface area contributed by atoms with Gasteiger partial charge in [-0.1, -0.05) is 146 Å². The fourth-order valence-electron chi connectivity index (χ4n) is 6.02. The maximum Gasteiger partial charge on any atom is 0.171 e. The van der Waals surface area contributed by atoms with E-state index >= 15 is 0 Å². The first-order valence-electron chi connectivity index (χ1n) is 13.8. The van der Waals surface area contributed by atoms with E-state index in [2.05, 4.69) is 24.3 Å². The predicted octanol–water partition coefficient (Wildman–Crippen LogP) is 6.54. The van der Waals surface area contributed by atoms with E-state index in [1.807, 2.05) is 133 Å². The number of hydrogen-bond donors (Lipinski definition) is 0. The van der Waals surface area contributed by atoms with Crippen molar-refractivity contribution in [1.82, 2.24) is 0 Å². The second-order valence-electron chi connectivity index (χ2n) is 10.4. The zero-order chi connectivity index (χ0) is 27.9. The summed E-state index contributed by atoms with van der Waals surface area (Å²) in [4.78, 5) is 0. The third-order valence-corrected chi connectivity index (χ3v) is 14.2. The zero-order valence-corrected chi connectivity index (χ0v) is 24.2. The molecule has 6 aromatic rings. The molecule has 0 radical (unpaired) electrons. The molecule has 0 unspecified atom stereocenters. The molecule has 0 aliphatic heterocycles. The minimum atomic E-state index is -3.06. The van der Waals surface area contributed by atoms with Crippen LogP contribution in [-0.2, 0) is 15.6 Å². The van der Waals surface area contributed by atoms with E-state index in [1.165, 1.54) is 0 Å². The summed E-state index contributed by atoms with van der Waals surface area (Å²) >= 11 is 0. The quantitative estimate of drug-likeness (QED) is 0.214. The van der Waals surface area contributed by atoms with E-state index in [-0.39, 0.29) is 0 Å². The molecule has 0 spiro atoms. The first-order chi connectivity index (χ1) is 20.1. The Bertz CT molecular complexity index is 1720. The largest absolute Gasteiger partial charge is 0.309 e. The molecule has 198 valence electrons. The van der Waals surface area contributed by atoms with Gasteiger partial charge in [-0.25, -0.2) is 0 Å². The van der Waals surface area contributed by atoms with Crippen LogP contribution >= 0.6 is 14.3 Å². The van der Waals surface area contributed by atoms with E-state index in [4.69, 9.17) is 0 Å². The lowest BCUT2D eigenvalue weighted by Gasteiger charge is -2.21. The molecule has 0 aromatic heterocycles. The van der Waals surface area contributed by atoms with E-state index in [1.54, 1.807) is 0 Å². The van der Waals surface area contributed by atoms with Gasteiger partial charge in [-0.3, -0.25) is 0 Å². The first-order valence-corrected chi connectivity index (χ1v) is 17.2. The smallest absolute Gasteiger partial charge is 0.171 e. The van der Waals surface area contributed by atoms with Gasteiger partial charge in [-0.05, 0) is 40.8 Å². The maximum atomic E-state index is 15.0. The van der Waals surface area contributed by atoms with Crippen molar-refractivity contribution in [3.05, 3.63) is 169 Å². The lowest BCUT2D eigenvalue weighted by molar-refractivity contribution is 0.591. The van der Waals surface area contributed by atoms with Crippen LogP contribution in [-0.4, -0.2) is 0 Å². The van der Waals surface area contributed by atoms with Gasteiger partial charge >= 0.3 is 0 Å². The zero-order valence-electron chi connectivity index (χ0n) is 22.4. The summed E-state index contributed by atoms with van der Waals surface area (Å²) in [5.74, 6) is 0. The van der Waals surface area contributed by atoms with Gasteiger partial charge in [0.05, 0.1) is 0 Å². The predicted molar refractivity (Wildman–Crippen MR) is 173 cm³/mol. The van der Waals surface area contributed by atoms with Gasteiger partial charge in [0.25, 0.3) is 0 Å². The highest BCUT2D eigenvalue weighted by atomic mass is 31.2. The summed E-state index contributed by atoms with van der Waals surface area (Å²) in [6.07, 6.45) is 0.708. The second-order valence-corrected chi connectivity index (χ2v) is 16.0. The molecule has 0 heterocycles. The van der Waals surface area contributed by atoms with Gasteiger partial charge in [0.15, 0.2) is 14.3 Å². The summed E-state index contributed by atoms with van der Waals surface area (Å²) in [6.45, 7) is 0. The Morgan fingerprint density at radius 3 is 0.927 bits per heavy atom. The molecule has 7 rings (SSSR count). The van der Waals surface area contributed by atoms with Gasteiger partial charge < -0.3 is 9.13 Å². The monoisotopic (exact) mass is 566 g/mol. The van der Waals surface area contributed by atoms with Gasteiger partial charge in [-0.2, -0.15) is 0 Å². The molecular weight excluding hydrogens is 538 g/mol. The lowest BCUT2D eigenvalue weighted by Crippen LogP contribution is -2.25. The standard InChI is InChI=1S/C37H28O2P2/c38-40(30-13-5-1-6-14-30,31-15-7-2-8-16-31)34-21-23-36-28(26-34)25-29-27-35(22-24-37(29)36)41(39,32-17-9-3-10-18-32)33-19-11-4-12-20-33/h1-24,26-27H,25H2. The van der Waals surface area contributed by atoms with Crippen LogP contribution in [0.5, 0.6) is 0 Å². The molecule has 2 nitrogen and oxygen atoms in total. The van der Waals surface area contributed by atoms with E-state index in [9.17, 15) is 9.13 Å². The SMILES string of the molecule is O=P(c1ccccc1)(c1ccccc1)c1ccc2c(c1)Cc1cc(P(=O)(c3ccccc3)c3ccccc3)ccc1-2. The van der Waals surface area contributed by atoms with Crippen LogP contribution < -0.4 is 31.8 Å². The highest BCUT2D eigenvalue weighted by molar-refractivity contribution is 7.85. The third-order valence-electron chi connectivity index (χ3n) is 8.06. The van der Waals surface area contributed by atoms with Gasteiger partial charge in [0.2, 0.25) is 0 Å². The highest BCUT2D eigenvalue weighted by Gasteiger charge is 2.33. The minimum Gasteiger partial charge on any atom is -0.309 e. The highest BCUT2D eigenvalue weighted by Crippen LogP contribution is 2.47. The van der Waals surface area contributed by atoms with Crippen molar-refractivity contribution in [2.45, 2.75) is 6.42 Å². The maximum absolute atomic E-state index is 15.0. The Morgan fingerprint density at radius 2 is 0.634 bits per heavy atom. The van der Waals surface area contributed by atoms with Crippen molar-refractivity contribution in [1.29, 1.82) is 0 Å². The summed E-state index contributed by atoms with van der Waals surface area (Å²) in [7, 11) is -6.13. The summed E-state index contributed by atoms with van der Waals surface area (Å²) in [5.41, 5.74) is 4.60. The fourth-order valence-corrected chi connectivity index (χ4v) is 11.4. The van der Waals surface area contributed by atoms with E-state index < -0.39 is 14.3 Å². The van der Waals surface area contributed by atoms with Gasteiger partial charge in [0, 0.05) is 31.8 Å². The molecule has 0 atom stereocenters. The summed E-state index contributed by atoms with van der Waals surface area (Å²) < 4.78 is 29.9. The molecule has 0 N–H and O–H groups in total. The molecule has 6 aromatic carbocycles. The molecular formula is C37H28O2P2. The Hall–Kier alpha value is -4.22. The molecule has 4 heteroatoms. The van der Waals surface area contributed by atoms with Crippen LogP contribution in [0.2, 0.25) is 0 Å². The molecule has 41 heavy (non-hydrogen) atoms. The third kappa shape index (κ3) is 4.27. The number of fused-ring (bicyclic) bond motifs is 3. The van der Waals surface area contributed by atoms with Crippen LogP contribution in [0.4, 0.5) is 0 Å². The number of rotatable bonds is 6. The molecule has 0 saturated carbocycles. The van der Waals surface area contributed by atoms with Crippen molar-refractivity contribution < 1.29 is 9.13 Å². The summed E-state index contributed by atoms with van der Waals surface area (Å²) in [5, 5.41) is 4.99. The van der Waals surface area contributed by atoms with Crippen LogP contribution in [0.25, 0.3) is 11.1 Å². The Morgan fingerprint density at radius 1 is 0.341 bits per heavy atom. The topological polar surface area (TPSA) is 34.1 Å². The molecule has 0 bridgehead atoms. The van der Waals surface area contributed by atoms with E-state index in [0.29, 0.717) is 6.42 Å². The lowest BCUT2D eigenvalue weighted by atomic mass is 10.1. The van der Waals surface area contributed by atoms with Crippen LogP contribution in [0, 0.1) is 0 Å². The first kappa shape index (κ1) is 25.7. The molecule has 0 saturated heterocycles. The summed E-state index contributed by atoms with van der Waals surface area (Å²) in [6, 6.07) is 51.7. The van der Waals surface area contributed by atoms with Crippen molar-refractivity contribution >= 4 is 46.1 Å². The van der Waals surface area contributed by atoms with Crippen LogP contribution in [0.3, 0.4) is 0 Å². The minimum absolute atomic E-state index is 0.708. The molecule has 1 aliphatic rings. The Balaban J connectivity index is 1.33. The molecule has 0 amide bonds. The van der Waals surface area contributed by atoms with Crippen molar-refractivity contribution in [3.8, 4) is 11.1 Å². The number of hydrogen-bond acceptors (Lipinski definition) is 2. The molecule has 1 aliphatic carbocycles. The Labute approximate surface area is 241 Å². The van der Waals surface area contributed by atoms with Crippen molar-refractivity contribution in [2.24, 2.45) is 0 Å². The average molecular weight is 567 g/mol. The van der Waals surface area contributed by atoms with Crippen molar-refractivity contribution in [2.75, 3.05) is 0 Å². The second kappa shape index (κ2) is 10.3. The Kier molecular flexibility index (Phi) is 6.47. The molecule has 0 fully saturated rings. The van der Waals surface area contributed by atoms with Gasteiger partial charge in [-0.15, -0.1) is 0 Å². The fraction of sp³-hybridized carbons (Fsp3) is 0.0270. The average Bonchev–Trinajstić information content (AvgIpc) is 3.43. The van der Waals surface area contributed by atoms with Crippen molar-refractivity contribution in [3.63, 3.8) is 0 Å². The van der Waals surface area contributed by atoms with E-state index in [0.717, 1.165) is 54.1 Å². The van der Waals surface area contributed by atoms with Crippen LogP contribution in [0.1, 0.15) is 11.1 Å². The van der Waals surface area contributed by atoms with Gasteiger partial charge in [0.1, 0.15) is 0 Å². The number of benzene rings is 6.